The Labute approximate surface area is 181 Å². The van der Waals surface area contributed by atoms with Gasteiger partial charge < -0.3 is 24.3 Å². The van der Waals surface area contributed by atoms with Crippen molar-refractivity contribution in [3.05, 3.63) is 77.6 Å². The molecule has 0 saturated heterocycles. The second-order valence-electron chi connectivity index (χ2n) is 6.90. The zero-order valence-electron chi connectivity index (χ0n) is 17.3. The minimum absolute atomic E-state index is 0.0756. The monoisotopic (exact) mass is 444 g/mol. The van der Waals surface area contributed by atoms with E-state index >= 15 is 0 Å². The van der Waals surface area contributed by atoms with E-state index in [1.807, 2.05) is 30.2 Å². The second-order valence-corrected chi connectivity index (χ2v) is 8.44. The third-order valence-electron chi connectivity index (χ3n) is 4.48. The maximum Gasteiger partial charge on any atom is 0.339 e. The molecule has 0 radical (unpaired) electrons. The summed E-state index contributed by atoms with van der Waals surface area (Å²) in [7, 11) is -2.83. The molecule has 0 spiro atoms. The Bertz CT molecular complexity index is 1110. The van der Waals surface area contributed by atoms with Gasteiger partial charge in [-0.2, -0.15) is 8.42 Å². The highest BCUT2D eigenvalue weighted by molar-refractivity contribution is 7.87. The zero-order valence-corrected chi connectivity index (χ0v) is 18.1. The van der Waals surface area contributed by atoms with Crippen molar-refractivity contribution in [2.45, 2.75) is 11.8 Å². The summed E-state index contributed by atoms with van der Waals surface area (Å²) in [5.74, 6) is 0.0905. The molecule has 0 saturated carbocycles. The summed E-state index contributed by atoms with van der Waals surface area (Å²) in [6.45, 7) is 3.58. The molecule has 3 rings (SSSR count). The van der Waals surface area contributed by atoms with Gasteiger partial charge in [-0.1, -0.05) is 0 Å². The number of nitrogens with zero attached hydrogens (tertiary/aromatic N) is 1. The van der Waals surface area contributed by atoms with Crippen molar-refractivity contribution in [2.75, 3.05) is 26.8 Å². The number of ether oxygens (including phenoxy) is 2. The van der Waals surface area contributed by atoms with Crippen LogP contribution in [0.15, 0.2) is 71.4 Å². The normalized spacial score (nSPS) is 13.5. The first-order valence-corrected chi connectivity index (χ1v) is 10.9. The molecular formula is C22H24N2O6S. The van der Waals surface area contributed by atoms with Crippen LogP contribution in [-0.4, -0.2) is 46.1 Å². The Balaban J connectivity index is 1.65. The smallest absolute Gasteiger partial charge is 0.339 e. The number of esters is 1. The van der Waals surface area contributed by atoms with Gasteiger partial charge in [0.05, 0.1) is 19.2 Å². The van der Waals surface area contributed by atoms with Crippen LogP contribution in [0.2, 0.25) is 0 Å². The number of benzene rings is 2. The maximum atomic E-state index is 12.6. The van der Waals surface area contributed by atoms with E-state index in [9.17, 15) is 13.2 Å². The molecular weight excluding hydrogens is 420 g/mol. The topological polar surface area (TPSA) is 108 Å². The Morgan fingerprint density at radius 2 is 1.84 bits per heavy atom. The number of rotatable bonds is 8. The molecule has 0 amide bonds. The summed E-state index contributed by atoms with van der Waals surface area (Å²) < 4.78 is 40.9. The SMILES string of the molecule is COC(=O)c1ccc(S(=O)(=O)Oc2cc(C)cc(OCCN3C=CC(N)=CC3)c2)cc1. The summed E-state index contributed by atoms with van der Waals surface area (Å²) >= 11 is 0. The molecule has 164 valence electrons. The highest BCUT2D eigenvalue weighted by atomic mass is 32.2. The second kappa shape index (κ2) is 9.57. The van der Waals surface area contributed by atoms with E-state index in [0.717, 1.165) is 11.3 Å². The quantitative estimate of drug-likeness (QED) is 0.489. The zero-order chi connectivity index (χ0) is 22.4. The van der Waals surface area contributed by atoms with Crippen molar-refractivity contribution in [2.24, 2.45) is 5.73 Å². The molecule has 9 heteroatoms. The van der Waals surface area contributed by atoms with Crippen LogP contribution in [0.3, 0.4) is 0 Å². The first-order valence-electron chi connectivity index (χ1n) is 9.52. The molecule has 0 fully saturated rings. The third kappa shape index (κ3) is 6.02. The highest BCUT2D eigenvalue weighted by Crippen LogP contribution is 2.26. The van der Waals surface area contributed by atoms with E-state index in [0.29, 0.717) is 25.4 Å². The largest absolute Gasteiger partial charge is 0.492 e. The maximum absolute atomic E-state index is 12.6. The van der Waals surface area contributed by atoms with E-state index in [1.165, 1.54) is 37.4 Å². The first kappa shape index (κ1) is 22.2. The van der Waals surface area contributed by atoms with Crippen LogP contribution in [0.25, 0.3) is 0 Å². The average Bonchev–Trinajstić information content (AvgIpc) is 2.74. The molecule has 0 aromatic heterocycles. The molecule has 0 bridgehead atoms. The van der Waals surface area contributed by atoms with Crippen molar-refractivity contribution in [3.63, 3.8) is 0 Å². The minimum Gasteiger partial charge on any atom is -0.492 e. The first-order chi connectivity index (χ1) is 14.8. The summed E-state index contributed by atoms with van der Waals surface area (Å²) in [5, 5.41) is 0. The molecule has 0 aliphatic carbocycles. The van der Waals surface area contributed by atoms with Gasteiger partial charge in [0.1, 0.15) is 23.0 Å². The van der Waals surface area contributed by atoms with Crippen molar-refractivity contribution in [3.8, 4) is 11.5 Å². The number of carbonyl (C=O) groups is 1. The lowest BCUT2D eigenvalue weighted by Gasteiger charge is -2.21. The fourth-order valence-corrected chi connectivity index (χ4v) is 3.80. The average molecular weight is 445 g/mol. The molecule has 2 aromatic carbocycles. The van der Waals surface area contributed by atoms with Crippen LogP contribution >= 0.6 is 0 Å². The van der Waals surface area contributed by atoms with Gasteiger partial charge in [-0.3, -0.25) is 0 Å². The standard InChI is InChI=1S/C22H24N2O6S/c1-16-13-19(29-12-11-24-9-7-18(23)8-10-24)15-20(14-16)30-31(26,27)21-5-3-17(4-6-21)22(25)28-2/h3-9,13-15H,10-12,23H2,1-2H3. The summed E-state index contributed by atoms with van der Waals surface area (Å²) in [5.41, 5.74) is 7.47. The predicted molar refractivity (Wildman–Crippen MR) is 115 cm³/mol. The van der Waals surface area contributed by atoms with Crippen molar-refractivity contribution in [1.29, 1.82) is 0 Å². The van der Waals surface area contributed by atoms with Gasteiger partial charge in [0, 0.05) is 24.5 Å². The van der Waals surface area contributed by atoms with E-state index in [2.05, 4.69) is 4.74 Å². The van der Waals surface area contributed by atoms with Gasteiger partial charge in [0.25, 0.3) is 0 Å². The number of hydrogen-bond acceptors (Lipinski definition) is 8. The van der Waals surface area contributed by atoms with Crippen LogP contribution in [-0.2, 0) is 14.9 Å². The molecule has 2 N–H and O–H groups in total. The van der Waals surface area contributed by atoms with Crippen molar-refractivity contribution in [1.82, 2.24) is 4.90 Å². The molecule has 2 aromatic rings. The predicted octanol–water partition coefficient (Wildman–Crippen LogP) is 2.60. The van der Waals surface area contributed by atoms with E-state index < -0.39 is 16.1 Å². The number of methoxy groups -OCH3 is 1. The van der Waals surface area contributed by atoms with E-state index in [1.54, 1.807) is 12.1 Å². The van der Waals surface area contributed by atoms with Crippen molar-refractivity contribution >= 4 is 16.1 Å². The Hall–Kier alpha value is -3.46. The lowest BCUT2D eigenvalue weighted by Crippen LogP contribution is -2.26. The molecule has 1 aliphatic rings. The van der Waals surface area contributed by atoms with Gasteiger partial charge in [-0.05, 0) is 61.0 Å². The molecule has 0 atom stereocenters. The van der Waals surface area contributed by atoms with Crippen LogP contribution in [0.4, 0.5) is 0 Å². The summed E-state index contributed by atoms with van der Waals surface area (Å²) in [6.07, 6.45) is 5.65. The van der Waals surface area contributed by atoms with Crippen molar-refractivity contribution < 1.29 is 26.9 Å². The number of nitrogens with two attached hydrogens (primary N) is 1. The van der Waals surface area contributed by atoms with E-state index in [-0.39, 0.29) is 16.2 Å². The Kier molecular flexibility index (Phi) is 6.86. The Morgan fingerprint density at radius 1 is 1.13 bits per heavy atom. The van der Waals surface area contributed by atoms with Gasteiger partial charge in [-0.15, -0.1) is 0 Å². The molecule has 8 nitrogen and oxygen atoms in total. The van der Waals surface area contributed by atoms with Crippen LogP contribution in [0.5, 0.6) is 11.5 Å². The number of carbonyl (C=O) groups excluding carboxylic acids is 1. The lowest BCUT2D eigenvalue weighted by atomic mass is 10.2. The van der Waals surface area contributed by atoms with Gasteiger partial charge in [0.2, 0.25) is 0 Å². The Morgan fingerprint density at radius 3 is 2.48 bits per heavy atom. The number of aryl methyl sites for hydroxylation is 1. The van der Waals surface area contributed by atoms with Gasteiger partial charge >= 0.3 is 16.1 Å². The fraction of sp³-hybridized carbons (Fsp3) is 0.227. The molecule has 1 heterocycles. The minimum atomic E-state index is -4.08. The van der Waals surface area contributed by atoms with Gasteiger partial charge in [0.15, 0.2) is 0 Å². The highest BCUT2D eigenvalue weighted by Gasteiger charge is 2.18. The summed E-state index contributed by atoms with van der Waals surface area (Å²) in [6, 6.07) is 10.2. The van der Waals surface area contributed by atoms with Crippen LogP contribution in [0, 0.1) is 6.92 Å². The number of allylic oxidation sites excluding steroid dienone is 1. The summed E-state index contributed by atoms with van der Waals surface area (Å²) in [4.78, 5) is 13.5. The third-order valence-corrected chi connectivity index (χ3v) is 5.74. The van der Waals surface area contributed by atoms with E-state index in [4.69, 9.17) is 14.7 Å². The van der Waals surface area contributed by atoms with Gasteiger partial charge in [-0.25, -0.2) is 4.79 Å². The number of hydrogen-bond donors (Lipinski definition) is 1. The molecule has 0 unspecified atom stereocenters. The molecule has 1 aliphatic heterocycles. The fourth-order valence-electron chi connectivity index (χ4n) is 2.89. The lowest BCUT2D eigenvalue weighted by molar-refractivity contribution is 0.0600. The van der Waals surface area contributed by atoms with Crippen LogP contribution in [0.1, 0.15) is 15.9 Å². The molecule has 31 heavy (non-hydrogen) atoms. The van der Waals surface area contributed by atoms with Crippen LogP contribution < -0.4 is 14.7 Å².